The number of rotatable bonds is 4. The van der Waals surface area contributed by atoms with Crippen molar-refractivity contribution in [1.29, 1.82) is 0 Å². The van der Waals surface area contributed by atoms with Crippen molar-refractivity contribution in [2.75, 3.05) is 12.4 Å². The summed E-state index contributed by atoms with van der Waals surface area (Å²) in [6, 6.07) is 7.00. The molecule has 7 heteroatoms. The Morgan fingerprint density at radius 3 is 2.64 bits per heavy atom. The number of fused-ring (bicyclic) bond motifs is 1. The van der Waals surface area contributed by atoms with Crippen molar-refractivity contribution in [3.05, 3.63) is 53.7 Å². The lowest BCUT2D eigenvalue weighted by Crippen LogP contribution is -2.13. The monoisotopic (exact) mass is 385 g/mol. The number of benzene rings is 2. The molecule has 0 atom stereocenters. The SMILES string of the molecule is COc1cc2nn(C3CCCCC3)cc2cc1NC(=O)c1ccc(F)c(F)c1. The molecule has 3 aromatic rings. The summed E-state index contributed by atoms with van der Waals surface area (Å²) in [4.78, 5) is 12.5. The summed E-state index contributed by atoms with van der Waals surface area (Å²) in [5.74, 6) is -2.15. The first-order chi connectivity index (χ1) is 13.5. The van der Waals surface area contributed by atoms with Gasteiger partial charge in [-0.1, -0.05) is 19.3 Å². The summed E-state index contributed by atoms with van der Waals surface area (Å²) in [6.07, 6.45) is 7.90. The predicted molar refractivity (Wildman–Crippen MR) is 103 cm³/mol. The Kier molecular flexibility index (Phi) is 4.98. The number of nitrogens with one attached hydrogen (secondary N) is 1. The predicted octanol–water partition coefficient (Wildman–Crippen LogP) is 5.08. The second kappa shape index (κ2) is 7.58. The van der Waals surface area contributed by atoms with Crippen LogP contribution in [0.5, 0.6) is 5.75 Å². The normalized spacial score (nSPS) is 15.0. The molecule has 0 radical (unpaired) electrons. The summed E-state index contributed by atoms with van der Waals surface area (Å²) in [5.41, 5.74) is 1.26. The molecule has 1 N–H and O–H groups in total. The van der Waals surface area contributed by atoms with Crippen LogP contribution < -0.4 is 10.1 Å². The number of amides is 1. The highest BCUT2D eigenvalue weighted by atomic mass is 19.2. The molecule has 0 saturated heterocycles. The van der Waals surface area contributed by atoms with Gasteiger partial charge in [0.25, 0.3) is 5.91 Å². The molecule has 0 unspecified atom stereocenters. The first kappa shape index (κ1) is 18.4. The first-order valence-electron chi connectivity index (χ1n) is 9.38. The van der Waals surface area contributed by atoms with Gasteiger partial charge in [0.05, 0.1) is 24.4 Å². The van der Waals surface area contributed by atoms with E-state index in [-0.39, 0.29) is 5.56 Å². The van der Waals surface area contributed by atoms with E-state index in [1.54, 1.807) is 12.1 Å². The van der Waals surface area contributed by atoms with Crippen molar-refractivity contribution in [2.45, 2.75) is 38.1 Å². The number of carbonyl (C=O) groups excluding carboxylic acids is 1. The van der Waals surface area contributed by atoms with E-state index in [4.69, 9.17) is 4.74 Å². The van der Waals surface area contributed by atoms with E-state index in [0.29, 0.717) is 17.5 Å². The van der Waals surface area contributed by atoms with E-state index in [1.807, 2.05) is 10.9 Å². The van der Waals surface area contributed by atoms with Crippen LogP contribution in [0.25, 0.3) is 10.9 Å². The van der Waals surface area contributed by atoms with Crippen LogP contribution in [-0.4, -0.2) is 22.8 Å². The fourth-order valence-corrected chi connectivity index (χ4v) is 3.70. The fourth-order valence-electron chi connectivity index (χ4n) is 3.70. The number of halogens is 2. The van der Waals surface area contributed by atoms with Gasteiger partial charge in [0.1, 0.15) is 5.75 Å². The van der Waals surface area contributed by atoms with E-state index in [0.717, 1.165) is 35.9 Å². The molecule has 5 nitrogen and oxygen atoms in total. The Labute approximate surface area is 161 Å². The summed E-state index contributed by atoms with van der Waals surface area (Å²) in [5, 5.41) is 8.27. The van der Waals surface area contributed by atoms with Gasteiger partial charge in [-0.15, -0.1) is 0 Å². The molecule has 28 heavy (non-hydrogen) atoms. The first-order valence-corrected chi connectivity index (χ1v) is 9.38. The summed E-state index contributed by atoms with van der Waals surface area (Å²) in [7, 11) is 1.51. The van der Waals surface area contributed by atoms with Crippen LogP contribution in [-0.2, 0) is 0 Å². The van der Waals surface area contributed by atoms with E-state index in [2.05, 4.69) is 10.4 Å². The van der Waals surface area contributed by atoms with Gasteiger partial charge in [-0.05, 0) is 37.1 Å². The number of ether oxygens (including phenoxy) is 1. The lowest BCUT2D eigenvalue weighted by atomic mass is 9.96. The van der Waals surface area contributed by atoms with Crippen molar-refractivity contribution in [1.82, 2.24) is 9.78 Å². The van der Waals surface area contributed by atoms with Crippen molar-refractivity contribution in [2.24, 2.45) is 0 Å². The number of methoxy groups -OCH3 is 1. The van der Waals surface area contributed by atoms with Crippen LogP contribution in [0, 0.1) is 11.6 Å². The van der Waals surface area contributed by atoms with Crippen molar-refractivity contribution >= 4 is 22.5 Å². The van der Waals surface area contributed by atoms with Crippen molar-refractivity contribution in [3.63, 3.8) is 0 Å². The number of hydrogen-bond donors (Lipinski definition) is 1. The smallest absolute Gasteiger partial charge is 0.255 e. The number of aromatic nitrogens is 2. The maximum Gasteiger partial charge on any atom is 0.255 e. The van der Waals surface area contributed by atoms with Crippen LogP contribution in [0.15, 0.2) is 36.5 Å². The van der Waals surface area contributed by atoms with Crippen molar-refractivity contribution in [3.8, 4) is 5.75 Å². The summed E-state index contributed by atoms with van der Waals surface area (Å²) in [6.45, 7) is 0. The Morgan fingerprint density at radius 1 is 1.14 bits per heavy atom. The number of carbonyl (C=O) groups is 1. The van der Waals surface area contributed by atoms with Gasteiger partial charge in [-0.25, -0.2) is 8.78 Å². The average molecular weight is 385 g/mol. The standard InChI is InChI=1S/C21H21F2N3O2/c1-28-20-11-18-14(12-26(25-18)15-5-3-2-4-6-15)10-19(20)24-21(27)13-7-8-16(22)17(23)9-13/h7-12,15H,2-6H2,1H3,(H,24,27). The molecule has 1 saturated carbocycles. The summed E-state index contributed by atoms with van der Waals surface area (Å²) >= 11 is 0. The molecule has 1 heterocycles. The second-order valence-corrected chi connectivity index (χ2v) is 7.10. The van der Waals surface area contributed by atoms with Crippen LogP contribution in [0.2, 0.25) is 0 Å². The maximum atomic E-state index is 13.4. The van der Waals surface area contributed by atoms with Crippen LogP contribution in [0.1, 0.15) is 48.5 Å². The lowest BCUT2D eigenvalue weighted by Gasteiger charge is -2.21. The van der Waals surface area contributed by atoms with Gasteiger partial charge >= 0.3 is 0 Å². The topological polar surface area (TPSA) is 56.1 Å². The number of nitrogens with zero attached hydrogens (tertiary/aromatic N) is 2. The number of hydrogen-bond acceptors (Lipinski definition) is 3. The quantitative estimate of drug-likeness (QED) is 0.681. The zero-order chi connectivity index (χ0) is 19.7. The molecule has 1 aliphatic carbocycles. The zero-order valence-electron chi connectivity index (χ0n) is 15.5. The minimum atomic E-state index is -1.07. The Hall–Kier alpha value is -2.96. The van der Waals surface area contributed by atoms with E-state index in [9.17, 15) is 13.6 Å². The molecule has 1 aliphatic rings. The molecule has 1 aromatic heterocycles. The van der Waals surface area contributed by atoms with E-state index >= 15 is 0 Å². The third-order valence-electron chi connectivity index (χ3n) is 5.22. The van der Waals surface area contributed by atoms with Gasteiger partial charge in [0, 0.05) is 23.2 Å². The highest BCUT2D eigenvalue weighted by Gasteiger charge is 2.18. The molecular formula is C21H21F2N3O2. The Morgan fingerprint density at radius 2 is 1.93 bits per heavy atom. The third kappa shape index (κ3) is 3.56. The van der Waals surface area contributed by atoms with Gasteiger partial charge < -0.3 is 10.1 Å². The van der Waals surface area contributed by atoms with E-state index < -0.39 is 17.5 Å². The lowest BCUT2D eigenvalue weighted by molar-refractivity contribution is 0.102. The Balaban J connectivity index is 1.63. The third-order valence-corrected chi connectivity index (χ3v) is 5.22. The van der Waals surface area contributed by atoms with Gasteiger partial charge in [-0.3, -0.25) is 9.48 Å². The minimum absolute atomic E-state index is 0.0268. The zero-order valence-corrected chi connectivity index (χ0v) is 15.5. The molecule has 1 fully saturated rings. The molecule has 146 valence electrons. The minimum Gasteiger partial charge on any atom is -0.494 e. The van der Waals surface area contributed by atoms with Crippen LogP contribution in [0.3, 0.4) is 0 Å². The summed E-state index contributed by atoms with van der Waals surface area (Å²) < 4.78 is 33.9. The average Bonchev–Trinajstić information content (AvgIpc) is 3.13. The fraction of sp³-hybridized carbons (Fsp3) is 0.333. The highest BCUT2D eigenvalue weighted by Crippen LogP contribution is 2.33. The number of anilines is 1. The molecule has 1 amide bonds. The molecule has 0 bridgehead atoms. The second-order valence-electron chi connectivity index (χ2n) is 7.10. The molecule has 2 aromatic carbocycles. The van der Waals surface area contributed by atoms with Crippen LogP contribution >= 0.6 is 0 Å². The van der Waals surface area contributed by atoms with Crippen LogP contribution in [0.4, 0.5) is 14.5 Å². The van der Waals surface area contributed by atoms with Crippen molar-refractivity contribution < 1.29 is 18.3 Å². The largest absolute Gasteiger partial charge is 0.494 e. The van der Waals surface area contributed by atoms with Gasteiger partial charge in [-0.2, -0.15) is 5.10 Å². The van der Waals surface area contributed by atoms with E-state index in [1.165, 1.54) is 32.4 Å². The molecule has 4 rings (SSSR count). The molecular weight excluding hydrogens is 364 g/mol. The van der Waals surface area contributed by atoms with Gasteiger partial charge in [0.2, 0.25) is 0 Å². The maximum absolute atomic E-state index is 13.4. The van der Waals surface area contributed by atoms with Gasteiger partial charge in [0.15, 0.2) is 11.6 Å². The highest BCUT2D eigenvalue weighted by molar-refractivity contribution is 6.06. The Bertz CT molecular complexity index is 1030. The molecule has 0 spiro atoms. The molecule has 0 aliphatic heterocycles.